The van der Waals surface area contributed by atoms with E-state index in [1.807, 2.05) is 38.1 Å². The summed E-state index contributed by atoms with van der Waals surface area (Å²) < 4.78 is 5.06. The van der Waals surface area contributed by atoms with Crippen molar-refractivity contribution in [1.29, 1.82) is 0 Å². The van der Waals surface area contributed by atoms with Crippen molar-refractivity contribution in [3.05, 3.63) is 51.9 Å². The van der Waals surface area contributed by atoms with Gasteiger partial charge in [0.25, 0.3) is 0 Å². The molecule has 0 atom stereocenters. The zero-order valence-electron chi connectivity index (χ0n) is 13.6. The maximum absolute atomic E-state index is 12.2. The van der Waals surface area contributed by atoms with Crippen LogP contribution >= 0.6 is 11.3 Å². The summed E-state index contributed by atoms with van der Waals surface area (Å²) in [6, 6.07) is 9.63. The van der Waals surface area contributed by atoms with Crippen LogP contribution in [0.3, 0.4) is 0 Å². The summed E-state index contributed by atoms with van der Waals surface area (Å²) >= 11 is 1.42. The molecule has 1 amide bonds. The van der Waals surface area contributed by atoms with Gasteiger partial charge in [-0.1, -0.05) is 36.8 Å². The number of carbonyl (C=O) groups excluding carboxylic acids is 2. The first-order chi connectivity index (χ1) is 11.0. The second-order valence-corrected chi connectivity index (χ2v) is 6.38. The molecule has 1 aromatic carbocycles. The number of rotatable bonds is 6. The van der Waals surface area contributed by atoms with Crippen LogP contribution in [0.2, 0.25) is 0 Å². The van der Waals surface area contributed by atoms with Gasteiger partial charge in [0.2, 0.25) is 5.91 Å². The molecule has 0 unspecified atom stereocenters. The van der Waals surface area contributed by atoms with Gasteiger partial charge in [0.1, 0.15) is 5.00 Å². The largest absolute Gasteiger partial charge is 0.462 e. The van der Waals surface area contributed by atoms with Crippen LogP contribution in [0.15, 0.2) is 30.3 Å². The normalized spacial score (nSPS) is 10.4. The number of aryl methyl sites for hydroxylation is 2. The Labute approximate surface area is 140 Å². The zero-order valence-corrected chi connectivity index (χ0v) is 14.5. The molecule has 1 heterocycles. The van der Waals surface area contributed by atoms with Crippen LogP contribution in [-0.4, -0.2) is 18.5 Å². The fourth-order valence-corrected chi connectivity index (χ4v) is 3.13. The molecule has 0 aliphatic heterocycles. The van der Waals surface area contributed by atoms with Crippen molar-refractivity contribution in [2.75, 3.05) is 11.9 Å². The van der Waals surface area contributed by atoms with E-state index in [0.29, 0.717) is 17.2 Å². The molecule has 4 nitrogen and oxygen atoms in total. The lowest BCUT2D eigenvalue weighted by Gasteiger charge is -2.06. The molecule has 0 bridgehead atoms. The highest BCUT2D eigenvalue weighted by Crippen LogP contribution is 2.29. The number of carbonyl (C=O) groups is 2. The molecule has 0 fully saturated rings. The first-order valence-corrected chi connectivity index (χ1v) is 8.50. The first-order valence-electron chi connectivity index (χ1n) is 7.68. The van der Waals surface area contributed by atoms with Crippen LogP contribution in [0.1, 0.15) is 40.2 Å². The predicted octanol–water partition coefficient (Wildman–Crippen LogP) is 3.98. The van der Waals surface area contributed by atoms with E-state index in [1.54, 1.807) is 13.0 Å². The molecular formula is C18H21NO3S. The summed E-state index contributed by atoms with van der Waals surface area (Å²) in [4.78, 5) is 25.3. The standard InChI is InChI=1S/C18H21NO3S/c1-4-14-11-15(18(21)22-5-2)17(23-14)19-16(20)10-13-8-6-12(3)7-9-13/h6-9,11H,4-5,10H2,1-3H3,(H,19,20). The number of hydrogen-bond acceptors (Lipinski definition) is 4. The number of nitrogens with one attached hydrogen (secondary N) is 1. The van der Waals surface area contributed by atoms with Crippen molar-refractivity contribution in [3.63, 3.8) is 0 Å². The van der Waals surface area contributed by atoms with E-state index in [4.69, 9.17) is 4.74 Å². The maximum Gasteiger partial charge on any atom is 0.341 e. The number of thiophene rings is 1. The fourth-order valence-electron chi connectivity index (χ4n) is 2.13. The quantitative estimate of drug-likeness (QED) is 0.815. The van der Waals surface area contributed by atoms with Gasteiger partial charge in [-0.05, 0) is 31.9 Å². The number of anilines is 1. The average molecular weight is 331 g/mol. The monoisotopic (exact) mass is 331 g/mol. The summed E-state index contributed by atoms with van der Waals surface area (Å²) in [5.41, 5.74) is 2.54. The van der Waals surface area contributed by atoms with Crippen LogP contribution in [-0.2, 0) is 22.4 Å². The molecule has 0 radical (unpaired) electrons. The summed E-state index contributed by atoms with van der Waals surface area (Å²) in [5, 5.41) is 3.41. The minimum atomic E-state index is -0.394. The van der Waals surface area contributed by atoms with E-state index in [1.165, 1.54) is 11.3 Å². The third kappa shape index (κ3) is 4.66. The van der Waals surface area contributed by atoms with Crippen LogP contribution < -0.4 is 5.32 Å². The highest BCUT2D eigenvalue weighted by molar-refractivity contribution is 7.16. The molecule has 1 aromatic heterocycles. The number of ether oxygens (including phenoxy) is 1. The predicted molar refractivity (Wildman–Crippen MR) is 93.2 cm³/mol. The molecule has 0 aliphatic rings. The summed E-state index contributed by atoms with van der Waals surface area (Å²) in [6.45, 7) is 6.10. The Morgan fingerprint density at radius 3 is 2.48 bits per heavy atom. The fraction of sp³-hybridized carbons (Fsp3) is 0.333. The van der Waals surface area contributed by atoms with Gasteiger partial charge < -0.3 is 10.1 Å². The molecular weight excluding hydrogens is 310 g/mol. The van der Waals surface area contributed by atoms with Gasteiger partial charge in [0.05, 0.1) is 18.6 Å². The second-order valence-electron chi connectivity index (χ2n) is 5.24. The molecule has 0 saturated heterocycles. The highest BCUT2D eigenvalue weighted by Gasteiger charge is 2.18. The minimum absolute atomic E-state index is 0.135. The maximum atomic E-state index is 12.2. The van der Waals surface area contributed by atoms with E-state index in [2.05, 4.69) is 5.32 Å². The van der Waals surface area contributed by atoms with Crippen LogP contribution in [0, 0.1) is 6.92 Å². The molecule has 2 aromatic rings. The lowest BCUT2D eigenvalue weighted by molar-refractivity contribution is -0.115. The molecule has 122 valence electrons. The lowest BCUT2D eigenvalue weighted by atomic mass is 10.1. The Hall–Kier alpha value is -2.14. The molecule has 0 saturated carbocycles. The van der Waals surface area contributed by atoms with Crippen LogP contribution in [0.5, 0.6) is 0 Å². The Morgan fingerprint density at radius 2 is 1.87 bits per heavy atom. The summed E-state index contributed by atoms with van der Waals surface area (Å²) in [7, 11) is 0. The number of amides is 1. The smallest absolute Gasteiger partial charge is 0.341 e. The SMILES string of the molecule is CCOC(=O)c1cc(CC)sc1NC(=O)Cc1ccc(C)cc1. The Kier molecular flexibility index (Phi) is 5.93. The highest BCUT2D eigenvalue weighted by atomic mass is 32.1. The zero-order chi connectivity index (χ0) is 16.8. The topological polar surface area (TPSA) is 55.4 Å². The van der Waals surface area contributed by atoms with E-state index in [-0.39, 0.29) is 12.3 Å². The lowest BCUT2D eigenvalue weighted by Crippen LogP contribution is -2.16. The van der Waals surface area contributed by atoms with Crippen molar-refractivity contribution in [2.45, 2.75) is 33.6 Å². The van der Waals surface area contributed by atoms with Crippen molar-refractivity contribution in [1.82, 2.24) is 0 Å². The van der Waals surface area contributed by atoms with Gasteiger partial charge in [-0.15, -0.1) is 11.3 Å². The second kappa shape index (κ2) is 7.92. The number of esters is 1. The van der Waals surface area contributed by atoms with Crippen molar-refractivity contribution in [2.24, 2.45) is 0 Å². The van der Waals surface area contributed by atoms with Gasteiger partial charge in [0.15, 0.2) is 0 Å². The van der Waals surface area contributed by atoms with Gasteiger partial charge in [0, 0.05) is 4.88 Å². The molecule has 1 N–H and O–H groups in total. The molecule has 23 heavy (non-hydrogen) atoms. The van der Waals surface area contributed by atoms with Gasteiger partial charge in [-0.3, -0.25) is 4.79 Å². The third-order valence-corrected chi connectivity index (χ3v) is 4.56. The van der Waals surface area contributed by atoms with Gasteiger partial charge in [-0.25, -0.2) is 4.79 Å². The summed E-state index contributed by atoms with van der Waals surface area (Å²) in [6.07, 6.45) is 1.09. The van der Waals surface area contributed by atoms with Crippen molar-refractivity contribution >= 4 is 28.2 Å². The molecule has 5 heteroatoms. The minimum Gasteiger partial charge on any atom is -0.462 e. The van der Waals surface area contributed by atoms with E-state index < -0.39 is 5.97 Å². The molecule has 0 aliphatic carbocycles. The van der Waals surface area contributed by atoms with Crippen LogP contribution in [0.25, 0.3) is 0 Å². The van der Waals surface area contributed by atoms with E-state index in [9.17, 15) is 9.59 Å². The van der Waals surface area contributed by atoms with Gasteiger partial charge >= 0.3 is 5.97 Å². The molecule has 2 rings (SSSR count). The van der Waals surface area contributed by atoms with Gasteiger partial charge in [-0.2, -0.15) is 0 Å². The Morgan fingerprint density at radius 1 is 1.17 bits per heavy atom. The Balaban J connectivity index is 2.11. The molecule has 0 spiro atoms. The number of benzene rings is 1. The van der Waals surface area contributed by atoms with Crippen molar-refractivity contribution < 1.29 is 14.3 Å². The van der Waals surface area contributed by atoms with Crippen molar-refractivity contribution in [3.8, 4) is 0 Å². The third-order valence-electron chi connectivity index (χ3n) is 3.37. The van der Waals surface area contributed by atoms with E-state index >= 15 is 0 Å². The number of hydrogen-bond donors (Lipinski definition) is 1. The average Bonchev–Trinajstić information content (AvgIpc) is 2.93. The van der Waals surface area contributed by atoms with E-state index in [0.717, 1.165) is 22.4 Å². The Bertz CT molecular complexity index is 689. The summed E-state index contributed by atoms with van der Waals surface area (Å²) in [5.74, 6) is -0.530. The van der Waals surface area contributed by atoms with Crippen LogP contribution in [0.4, 0.5) is 5.00 Å². The first kappa shape index (κ1) is 17.2.